The number of hydrogen-bond donors (Lipinski definition) is 0. The monoisotopic (exact) mass is 277 g/mol. The summed E-state index contributed by atoms with van der Waals surface area (Å²) in [4.78, 5) is 13.6. The van der Waals surface area contributed by atoms with Gasteiger partial charge in [0.15, 0.2) is 0 Å². The van der Waals surface area contributed by atoms with Crippen LogP contribution in [0.15, 0.2) is 24.3 Å². The molecular formula is C13H12BrNO. The van der Waals surface area contributed by atoms with Gasteiger partial charge in [-0.1, -0.05) is 21.9 Å². The molecule has 1 heterocycles. The lowest BCUT2D eigenvalue weighted by Gasteiger charge is -2.16. The van der Waals surface area contributed by atoms with Crippen molar-refractivity contribution in [1.82, 2.24) is 0 Å². The molecule has 2 rings (SSSR count). The lowest BCUT2D eigenvalue weighted by Crippen LogP contribution is -2.24. The van der Waals surface area contributed by atoms with Crippen LogP contribution in [0.25, 0.3) is 0 Å². The number of halogens is 1. The average molecular weight is 278 g/mol. The van der Waals surface area contributed by atoms with Gasteiger partial charge < -0.3 is 4.90 Å². The van der Waals surface area contributed by atoms with E-state index in [2.05, 4.69) is 21.9 Å². The number of carbonyl (C=O) groups is 1. The zero-order valence-electron chi connectivity index (χ0n) is 8.82. The van der Waals surface area contributed by atoms with Gasteiger partial charge in [0, 0.05) is 29.5 Å². The Morgan fingerprint density at radius 2 is 2.12 bits per heavy atom. The first kappa shape index (κ1) is 11.2. The van der Waals surface area contributed by atoms with Crippen LogP contribution in [0.1, 0.15) is 12.0 Å². The topological polar surface area (TPSA) is 20.3 Å². The maximum absolute atomic E-state index is 11.8. The molecule has 1 aromatic carbocycles. The van der Waals surface area contributed by atoms with Gasteiger partial charge in [-0.3, -0.25) is 4.79 Å². The van der Waals surface area contributed by atoms with Crippen molar-refractivity contribution < 1.29 is 4.79 Å². The Kier molecular flexibility index (Phi) is 3.31. The quantitative estimate of drug-likeness (QED) is 0.601. The first-order valence-electron chi connectivity index (χ1n) is 5.17. The van der Waals surface area contributed by atoms with Crippen LogP contribution >= 0.6 is 15.9 Å². The normalized spacial score (nSPS) is 19.9. The number of benzene rings is 1. The van der Waals surface area contributed by atoms with E-state index in [0.717, 1.165) is 23.1 Å². The highest BCUT2D eigenvalue weighted by atomic mass is 79.9. The standard InChI is InChI=1S/C13H12BrNO/c1-2-10-3-5-12(6-4-10)15-9-11(8-14)7-13(15)16/h1,3-6,11H,7-9H2. The molecule has 1 saturated heterocycles. The van der Waals surface area contributed by atoms with Crippen LogP contribution < -0.4 is 4.90 Å². The van der Waals surface area contributed by atoms with E-state index in [1.54, 1.807) is 0 Å². The molecule has 0 spiro atoms. The molecule has 1 aromatic rings. The number of rotatable bonds is 2. The van der Waals surface area contributed by atoms with E-state index < -0.39 is 0 Å². The summed E-state index contributed by atoms with van der Waals surface area (Å²) < 4.78 is 0. The Hall–Kier alpha value is -1.27. The summed E-state index contributed by atoms with van der Waals surface area (Å²) in [5.74, 6) is 3.17. The number of terminal acetylenes is 1. The molecule has 3 heteroatoms. The van der Waals surface area contributed by atoms with Gasteiger partial charge in [-0.15, -0.1) is 6.42 Å². The summed E-state index contributed by atoms with van der Waals surface area (Å²) in [7, 11) is 0. The molecule has 0 radical (unpaired) electrons. The summed E-state index contributed by atoms with van der Waals surface area (Å²) in [5, 5.41) is 0.873. The van der Waals surface area contributed by atoms with Crippen molar-refractivity contribution in [3.05, 3.63) is 29.8 Å². The predicted molar refractivity (Wildman–Crippen MR) is 68.6 cm³/mol. The van der Waals surface area contributed by atoms with Crippen molar-refractivity contribution in [3.8, 4) is 12.3 Å². The van der Waals surface area contributed by atoms with Crippen LogP contribution in [0, 0.1) is 18.3 Å². The lowest BCUT2D eigenvalue weighted by molar-refractivity contribution is -0.117. The van der Waals surface area contributed by atoms with Gasteiger partial charge in [-0.05, 0) is 30.2 Å². The van der Waals surface area contributed by atoms with Gasteiger partial charge in [-0.25, -0.2) is 0 Å². The smallest absolute Gasteiger partial charge is 0.227 e. The second-order valence-electron chi connectivity index (χ2n) is 3.92. The highest BCUT2D eigenvalue weighted by Crippen LogP contribution is 2.26. The number of anilines is 1. The first-order valence-corrected chi connectivity index (χ1v) is 6.29. The SMILES string of the molecule is C#Cc1ccc(N2CC(CBr)CC2=O)cc1. The van der Waals surface area contributed by atoms with Gasteiger partial charge in [0.2, 0.25) is 5.91 Å². The summed E-state index contributed by atoms with van der Waals surface area (Å²) in [6.07, 6.45) is 5.91. The van der Waals surface area contributed by atoms with E-state index in [1.807, 2.05) is 29.2 Å². The van der Waals surface area contributed by atoms with Gasteiger partial charge in [-0.2, -0.15) is 0 Å². The third kappa shape index (κ3) is 2.12. The van der Waals surface area contributed by atoms with E-state index in [0.29, 0.717) is 12.3 Å². The zero-order chi connectivity index (χ0) is 11.5. The molecule has 16 heavy (non-hydrogen) atoms. The molecule has 1 atom stereocenters. The van der Waals surface area contributed by atoms with Crippen molar-refractivity contribution in [1.29, 1.82) is 0 Å². The molecule has 2 nitrogen and oxygen atoms in total. The number of nitrogens with zero attached hydrogens (tertiary/aromatic N) is 1. The van der Waals surface area contributed by atoms with Crippen LogP contribution in [0.5, 0.6) is 0 Å². The molecule has 0 saturated carbocycles. The van der Waals surface area contributed by atoms with E-state index in [4.69, 9.17) is 6.42 Å². The Morgan fingerprint density at radius 1 is 1.44 bits per heavy atom. The van der Waals surface area contributed by atoms with Crippen LogP contribution in [0.4, 0.5) is 5.69 Å². The molecule has 1 fully saturated rings. The maximum atomic E-state index is 11.8. The highest BCUT2D eigenvalue weighted by molar-refractivity contribution is 9.09. The molecule has 0 bridgehead atoms. The first-order chi connectivity index (χ1) is 7.74. The summed E-state index contributed by atoms with van der Waals surface area (Å²) >= 11 is 3.42. The van der Waals surface area contributed by atoms with Crippen molar-refractivity contribution in [2.24, 2.45) is 5.92 Å². The third-order valence-corrected chi connectivity index (χ3v) is 3.68. The zero-order valence-corrected chi connectivity index (χ0v) is 10.4. The molecule has 1 aliphatic rings. The van der Waals surface area contributed by atoms with Gasteiger partial charge in [0.1, 0.15) is 0 Å². The average Bonchev–Trinajstić information content (AvgIpc) is 2.71. The molecule has 1 unspecified atom stereocenters. The molecule has 1 amide bonds. The van der Waals surface area contributed by atoms with Crippen molar-refractivity contribution in [2.75, 3.05) is 16.8 Å². The van der Waals surface area contributed by atoms with Gasteiger partial charge in [0.25, 0.3) is 0 Å². The minimum Gasteiger partial charge on any atom is -0.312 e. The van der Waals surface area contributed by atoms with Crippen LogP contribution in [-0.2, 0) is 4.79 Å². The van der Waals surface area contributed by atoms with Crippen molar-refractivity contribution >= 4 is 27.5 Å². The second-order valence-corrected chi connectivity index (χ2v) is 4.57. The molecular weight excluding hydrogens is 266 g/mol. The number of hydrogen-bond acceptors (Lipinski definition) is 1. The fourth-order valence-electron chi connectivity index (χ4n) is 1.87. The number of alkyl halides is 1. The molecule has 0 N–H and O–H groups in total. The van der Waals surface area contributed by atoms with E-state index >= 15 is 0 Å². The van der Waals surface area contributed by atoms with Crippen LogP contribution in [0.3, 0.4) is 0 Å². The fourth-order valence-corrected chi connectivity index (χ4v) is 2.31. The Labute approximate surface area is 104 Å². The van der Waals surface area contributed by atoms with Gasteiger partial charge >= 0.3 is 0 Å². The minimum atomic E-state index is 0.193. The summed E-state index contributed by atoms with van der Waals surface area (Å²) in [5.41, 5.74) is 1.78. The molecule has 0 aromatic heterocycles. The summed E-state index contributed by atoms with van der Waals surface area (Å²) in [6.45, 7) is 0.791. The van der Waals surface area contributed by atoms with E-state index in [-0.39, 0.29) is 5.91 Å². The Balaban J connectivity index is 2.19. The Morgan fingerprint density at radius 3 is 2.62 bits per heavy atom. The van der Waals surface area contributed by atoms with Crippen molar-refractivity contribution in [2.45, 2.75) is 6.42 Å². The summed E-state index contributed by atoms with van der Waals surface area (Å²) in [6, 6.07) is 7.54. The fraction of sp³-hybridized carbons (Fsp3) is 0.308. The third-order valence-electron chi connectivity index (χ3n) is 2.77. The minimum absolute atomic E-state index is 0.193. The maximum Gasteiger partial charge on any atom is 0.227 e. The Bertz CT molecular complexity index is 432. The van der Waals surface area contributed by atoms with Crippen molar-refractivity contribution in [3.63, 3.8) is 0 Å². The molecule has 82 valence electrons. The van der Waals surface area contributed by atoms with Crippen LogP contribution in [0.2, 0.25) is 0 Å². The lowest BCUT2D eigenvalue weighted by atomic mass is 10.2. The number of amides is 1. The van der Waals surface area contributed by atoms with E-state index in [9.17, 15) is 4.79 Å². The predicted octanol–water partition coefficient (Wildman–Crippen LogP) is 2.42. The molecule has 1 aliphatic heterocycles. The highest BCUT2D eigenvalue weighted by Gasteiger charge is 2.29. The van der Waals surface area contributed by atoms with Crippen LogP contribution in [-0.4, -0.2) is 17.8 Å². The number of carbonyl (C=O) groups excluding carboxylic acids is 1. The van der Waals surface area contributed by atoms with E-state index in [1.165, 1.54) is 0 Å². The largest absolute Gasteiger partial charge is 0.312 e. The van der Waals surface area contributed by atoms with Gasteiger partial charge in [0.05, 0.1) is 0 Å². The molecule has 0 aliphatic carbocycles. The second kappa shape index (κ2) is 4.71.